The first-order valence-corrected chi connectivity index (χ1v) is 6.00. The third-order valence-electron chi connectivity index (χ3n) is 2.22. The number of nitrogens with zero attached hydrogens (tertiary/aromatic N) is 2. The molecule has 0 spiro atoms. The second-order valence-electron chi connectivity index (χ2n) is 5.28. The Morgan fingerprint density at radius 3 is 2.24 bits per heavy atom. The van der Waals surface area contributed by atoms with Crippen molar-refractivity contribution in [2.45, 2.75) is 32.8 Å². The van der Waals surface area contributed by atoms with Crippen LogP contribution in [-0.4, -0.2) is 66.9 Å². The highest BCUT2D eigenvalue weighted by atomic mass is 16.6. The maximum atomic E-state index is 11.6. The lowest BCUT2D eigenvalue weighted by Gasteiger charge is -2.25. The fraction of sp³-hybridized carbons (Fsp3) is 0.917. The van der Waals surface area contributed by atoms with E-state index in [4.69, 9.17) is 9.84 Å². The predicted molar refractivity (Wildman–Crippen MR) is 68.1 cm³/mol. The first-order chi connectivity index (χ1) is 7.76. The number of ether oxygens (including phenoxy) is 1. The van der Waals surface area contributed by atoms with E-state index in [9.17, 15) is 4.79 Å². The van der Waals surface area contributed by atoms with Crippen LogP contribution in [0.25, 0.3) is 0 Å². The van der Waals surface area contributed by atoms with Crippen LogP contribution in [0.1, 0.15) is 27.2 Å². The average Bonchev–Trinajstić information content (AvgIpc) is 2.15. The van der Waals surface area contributed by atoms with Gasteiger partial charge in [0.25, 0.3) is 0 Å². The molecule has 0 radical (unpaired) electrons. The maximum Gasteiger partial charge on any atom is 0.410 e. The van der Waals surface area contributed by atoms with Gasteiger partial charge in [0.1, 0.15) is 5.60 Å². The Kier molecular flexibility index (Phi) is 7.15. The highest BCUT2D eigenvalue weighted by Gasteiger charge is 2.19. The van der Waals surface area contributed by atoms with Crippen molar-refractivity contribution in [1.82, 2.24) is 9.80 Å². The molecule has 17 heavy (non-hydrogen) atoms. The first-order valence-electron chi connectivity index (χ1n) is 6.00. The fourth-order valence-electron chi connectivity index (χ4n) is 1.29. The van der Waals surface area contributed by atoms with Gasteiger partial charge in [0, 0.05) is 20.1 Å². The van der Waals surface area contributed by atoms with Crippen LogP contribution < -0.4 is 0 Å². The van der Waals surface area contributed by atoms with Gasteiger partial charge < -0.3 is 19.6 Å². The van der Waals surface area contributed by atoms with Crippen molar-refractivity contribution in [3.63, 3.8) is 0 Å². The number of hydrogen-bond donors (Lipinski definition) is 1. The smallest absolute Gasteiger partial charge is 0.410 e. The number of hydrogen-bond acceptors (Lipinski definition) is 4. The van der Waals surface area contributed by atoms with Gasteiger partial charge in [0.05, 0.1) is 6.61 Å². The molecule has 0 unspecified atom stereocenters. The van der Waals surface area contributed by atoms with Crippen molar-refractivity contribution in [1.29, 1.82) is 0 Å². The van der Waals surface area contributed by atoms with Gasteiger partial charge in [-0.2, -0.15) is 0 Å². The number of carbonyl (C=O) groups is 1. The third-order valence-corrected chi connectivity index (χ3v) is 2.22. The number of likely N-dealkylation sites (N-methyl/N-ethyl adjacent to an activating group) is 1. The number of aliphatic hydroxyl groups is 1. The zero-order valence-electron chi connectivity index (χ0n) is 11.7. The Balaban J connectivity index is 3.78. The van der Waals surface area contributed by atoms with E-state index in [2.05, 4.69) is 0 Å². The highest BCUT2D eigenvalue weighted by Crippen LogP contribution is 2.09. The van der Waals surface area contributed by atoms with Gasteiger partial charge >= 0.3 is 6.09 Å². The van der Waals surface area contributed by atoms with E-state index in [0.29, 0.717) is 13.1 Å². The summed E-state index contributed by atoms with van der Waals surface area (Å²) in [6, 6.07) is 0. The molecule has 0 saturated carbocycles. The zero-order chi connectivity index (χ0) is 13.5. The standard InChI is InChI=1S/C12H26N2O3/c1-12(2,3)17-11(16)14(5)8-6-7-13(4)9-10-15/h15H,6-10H2,1-5H3. The van der Waals surface area contributed by atoms with Crippen molar-refractivity contribution in [3.05, 3.63) is 0 Å². The molecule has 5 nitrogen and oxygen atoms in total. The Morgan fingerprint density at radius 2 is 1.76 bits per heavy atom. The Morgan fingerprint density at radius 1 is 1.18 bits per heavy atom. The van der Waals surface area contributed by atoms with Gasteiger partial charge in [-0.3, -0.25) is 0 Å². The summed E-state index contributed by atoms with van der Waals surface area (Å²) in [4.78, 5) is 15.2. The summed E-state index contributed by atoms with van der Waals surface area (Å²) in [5.74, 6) is 0. The summed E-state index contributed by atoms with van der Waals surface area (Å²) in [6.07, 6.45) is 0.578. The van der Waals surface area contributed by atoms with E-state index in [0.717, 1.165) is 13.0 Å². The SMILES string of the molecule is CN(CCO)CCCN(C)C(=O)OC(C)(C)C. The van der Waals surface area contributed by atoms with Crippen LogP contribution in [0.5, 0.6) is 0 Å². The Bertz CT molecular complexity index is 226. The summed E-state index contributed by atoms with van der Waals surface area (Å²) in [5, 5.41) is 8.73. The zero-order valence-corrected chi connectivity index (χ0v) is 11.7. The first kappa shape index (κ1) is 16.2. The normalized spacial score (nSPS) is 11.7. The molecule has 0 rings (SSSR count). The van der Waals surface area contributed by atoms with Crippen LogP contribution in [0, 0.1) is 0 Å². The fourth-order valence-corrected chi connectivity index (χ4v) is 1.29. The minimum absolute atomic E-state index is 0.165. The van der Waals surface area contributed by atoms with Crippen LogP contribution in [0.15, 0.2) is 0 Å². The Labute approximate surface area is 104 Å². The van der Waals surface area contributed by atoms with Crippen LogP contribution in [-0.2, 0) is 4.74 Å². The van der Waals surface area contributed by atoms with E-state index in [-0.39, 0.29) is 12.7 Å². The molecule has 5 heteroatoms. The van der Waals surface area contributed by atoms with E-state index in [1.54, 1.807) is 11.9 Å². The number of carbonyl (C=O) groups excluding carboxylic acids is 1. The summed E-state index contributed by atoms with van der Waals surface area (Å²) >= 11 is 0. The topological polar surface area (TPSA) is 53.0 Å². The van der Waals surface area contributed by atoms with Crippen LogP contribution in [0.4, 0.5) is 4.79 Å². The number of rotatable bonds is 6. The Hall–Kier alpha value is -0.810. The molecule has 0 fully saturated rings. The molecule has 0 heterocycles. The van der Waals surface area contributed by atoms with Gasteiger partial charge in [0.2, 0.25) is 0 Å². The van der Waals surface area contributed by atoms with Gasteiger partial charge in [0.15, 0.2) is 0 Å². The van der Waals surface area contributed by atoms with E-state index in [1.807, 2.05) is 32.7 Å². The minimum Gasteiger partial charge on any atom is -0.444 e. The number of aliphatic hydroxyl groups excluding tert-OH is 1. The summed E-state index contributed by atoms with van der Waals surface area (Å²) in [7, 11) is 3.68. The van der Waals surface area contributed by atoms with Crippen molar-refractivity contribution in [3.8, 4) is 0 Å². The lowest BCUT2D eigenvalue weighted by molar-refractivity contribution is 0.0293. The van der Waals surface area contributed by atoms with Crippen molar-refractivity contribution in [2.24, 2.45) is 0 Å². The van der Waals surface area contributed by atoms with E-state index >= 15 is 0 Å². The van der Waals surface area contributed by atoms with Gasteiger partial charge in [-0.25, -0.2) is 4.79 Å². The molecule has 0 aliphatic carbocycles. The molecule has 0 bridgehead atoms. The van der Waals surface area contributed by atoms with E-state index in [1.165, 1.54) is 0 Å². The molecule has 1 amide bonds. The van der Waals surface area contributed by atoms with Crippen molar-refractivity contribution in [2.75, 3.05) is 40.3 Å². The second-order valence-corrected chi connectivity index (χ2v) is 5.28. The van der Waals surface area contributed by atoms with Crippen molar-refractivity contribution < 1.29 is 14.6 Å². The molecule has 0 saturated heterocycles. The van der Waals surface area contributed by atoms with Gasteiger partial charge in [-0.1, -0.05) is 0 Å². The van der Waals surface area contributed by atoms with Crippen LogP contribution in [0.3, 0.4) is 0 Å². The summed E-state index contributed by atoms with van der Waals surface area (Å²) in [6.45, 7) is 7.90. The number of amides is 1. The van der Waals surface area contributed by atoms with Crippen LogP contribution in [0.2, 0.25) is 0 Å². The molecular weight excluding hydrogens is 220 g/mol. The minimum atomic E-state index is -0.445. The lowest BCUT2D eigenvalue weighted by Crippen LogP contribution is -2.36. The predicted octanol–water partition coefficient (Wildman–Crippen LogP) is 1.17. The maximum absolute atomic E-state index is 11.6. The second kappa shape index (κ2) is 7.50. The average molecular weight is 246 g/mol. The molecular formula is C12H26N2O3. The monoisotopic (exact) mass is 246 g/mol. The molecule has 102 valence electrons. The molecule has 0 aliphatic heterocycles. The van der Waals surface area contributed by atoms with Crippen LogP contribution >= 0.6 is 0 Å². The van der Waals surface area contributed by atoms with Gasteiger partial charge in [-0.05, 0) is 40.8 Å². The summed E-state index contributed by atoms with van der Waals surface area (Å²) < 4.78 is 5.24. The van der Waals surface area contributed by atoms with Crippen molar-refractivity contribution >= 4 is 6.09 Å². The molecule has 0 aromatic carbocycles. The summed E-state index contributed by atoms with van der Waals surface area (Å²) in [5.41, 5.74) is -0.445. The molecule has 0 atom stereocenters. The third kappa shape index (κ3) is 8.94. The molecule has 1 N–H and O–H groups in total. The lowest BCUT2D eigenvalue weighted by atomic mass is 10.2. The molecule has 0 aliphatic rings. The largest absolute Gasteiger partial charge is 0.444 e. The highest BCUT2D eigenvalue weighted by molar-refractivity contribution is 5.67. The van der Waals surface area contributed by atoms with E-state index < -0.39 is 5.60 Å². The molecule has 0 aromatic rings. The molecule has 0 aromatic heterocycles. The quantitative estimate of drug-likeness (QED) is 0.764. The van der Waals surface area contributed by atoms with Gasteiger partial charge in [-0.15, -0.1) is 0 Å².